The molecule has 19 heavy (non-hydrogen) atoms. The third-order valence-corrected chi connectivity index (χ3v) is 3.29. The Morgan fingerprint density at radius 3 is 2.37 bits per heavy atom. The lowest BCUT2D eigenvalue weighted by atomic mass is 9.98. The number of phenols is 1. The quantitative estimate of drug-likeness (QED) is 0.755. The molecule has 0 spiro atoms. The van der Waals surface area contributed by atoms with Crippen molar-refractivity contribution in [3.63, 3.8) is 0 Å². The summed E-state index contributed by atoms with van der Waals surface area (Å²) < 4.78 is 0. The molecule has 0 bridgehead atoms. The van der Waals surface area contributed by atoms with Crippen molar-refractivity contribution < 1.29 is 5.11 Å². The molecule has 1 heteroatoms. The maximum absolute atomic E-state index is 9.84. The van der Waals surface area contributed by atoms with E-state index in [0.717, 1.165) is 11.1 Å². The van der Waals surface area contributed by atoms with E-state index in [2.05, 4.69) is 45.0 Å². The summed E-state index contributed by atoms with van der Waals surface area (Å²) in [6.07, 6.45) is 2.15. The number of aromatic hydroxyl groups is 1. The molecular formula is C18H20O. The van der Waals surface area contributed by atoms with Crippen LogP contribution in [0.4, 0.5) is 0 Å². The topological polar surface area (TPSA) is 20.2 Å². The number of hydrogen-bond acceptors (Lipinski definition) is 1. The molecule has 0 fully saturated rings. The van der Waals surface area contributed by atoms with Crippen molar-refractivity contribution in [3.8, 4) is 5.75 Å². The molecule has 0 amide bonds. The van der Waals surface area contributed by atoms with Gasteiger partial charge in [-0.25, -0.2) is 0 Å². The minimum Gasteiger partial charge on any atom is -0.508 e. The molecule has 0 atom stereocenters. The molecule has 98 valence electrons. The number of benzene rings is 2. The van der Waals surface area contributed by atoms with E-state index < -0.39 is 0 Å². The van der Waals surface area contributed by atoms with Crippen LogP contribution in [0.15, 0.2) is 48.5 Å². The molecule has 0 saturated carbocycles. The van der Waals surface area contributed by atoms with Crippen LogP contribution in [0.5, 0.6) is 5.75 Å². The van der Waals surface area contributed by atoms with Crippen molar-refractivity contribution in [2.24, 2.45) is 0 Å². The van der Waals surface area contributed by atoms with Gasteiger partial charge in [0.25, 0.3) is 0 Å². The first kappa shape index (κ1) is 13.4. The molecule has 0 aliphatic carbocycles. The van der Waals surface area contributed by atoms with Crippen molar-refractivity contribution in [3.05, 3.63) is 65.2 Å². The van der Waals surface area contributed by atoms with Gasteiger partial charge in [-0.3, -0.25) is 0 Å². The maximum atomic E-state index is 9.84. The first-order valence-electron chi connectivity index (χ1n) is 6.64. The Kier molecular flexibility index (Phi) is 4.06. The lowest BCUT2D eigenvalue weighted by Crippen LogP contribution is -1.89. The molecule has 0 aliphatic rings. The van der Waals surface area contributed by atoms with Gasteiger partial charge in [0.15, 0.2) is 0 Å². The number of rotatable bonds is 3. The first-order valence-corrected chi connectivity index (χ1v) is 6.64. The highest BCUT2D eigenvalue weighted by Gasteiger charge is 2.06. The average molecular weight is 252 g/mol. The van der Waals surface area contributed by atoms with Crippen LogP contribution in [0.1, 0.15) is 43.4 Å². The second-order valence-electron chi connectivity index (χ2n) is 5.17. The zero-order chi connectivity index (χ0) is 13.8. The van der Waals surface area contributed by atoms with E-state index in [1.165, 1.54) is 11.1 Å². The third-order valence-electron chi connectivity index (χ3n) is 3.29. The van der Waals surface area contributed by atoms with Gasteiger partial charge in [-0.05, 0) is 47.2 Å². The van der Waals surface area contributed by atoms with Gasteiger partial charge in [0.1, 0.15) is 5.75 Å². The van der Waals surface area contributed by atoms with Crippen molar-refractivity contribution >= 4 is 11.6 Å². The van der Waals surface area contributed by atoms with Crippen LogP contribution < -0.4 is 0 Å². The molecule has 2 aromatic rings. The number of phenolic OH excluding ortho intramolecular Hbond substituents is 1. The summed E-state index contributed by atoms with van der Waals surface area (Å²) >= 11 is 0. The largest absolute Gasteiger partial charge is 0.508 e. The van der Waals surface area contributed by atoms with Crippen molar-refractivity contribution in [2.75, 3.05) is 0 Å². The Hall–Kier alpha value is -2.02. The van der Waals surface area contributed by atoms with Crippen molar-refractivity contribution in [2.45, 2.75) is 26.7 Å². The van der Waals surface area contributed by atoms with Gasteiger partial charge in [-0.2, -0.15) is 0 Å². The van der Waals surface area contributed by atoms with E-state index in [0.29, 0.717) is 11.7 Å². The number of hydrogen-bond donors (Lipinski definition) is 1. The minimum absolute atomic E-state index is 0.324. The lowest BCUT2D eigenvalue weighted by Gasteiger charge is -2.09. The predicted molar refractivity (Wildman–Crippen MR) is 82.2 cm³/mol. The van der Waals surface area contributed by atoms with Gasteiger partial charge in [-0.15, -0.1) is 0 Å². The number of allylic oxidation sites excluding steroid dienone is 1. The van der Waals surface area contributed by atoms with Crippen LogP contribution >= 0.6 is 0 Å². The van der Waals surface area contributed by atoms with E-state index in [1.807, 2.05) is 24.3 Å². The molecule has 0 heterocycles. The van der Waals surface area contributed by atoms with E-state index >= 15 is 0 Å². The summed E-state index contributed by atoms with van der Waals surface area (Å²) in [6.45, 7) is 6.29. The summed E-state index contributed by atoms with van der Waals surface area (Å²) in [5.74, 6) is 0.704. The molecule has 0 aromatic heterocycles. The van der Waals surface area contributed by atoms with Gasteiger partial charge < -0.3 is 5.11 Å². The smallest absolute Gasteiger partial charge is 0.119 e. The summed E-state index contributed by atoms with van der Waals surface area (Å²) in [5, 5.41) is 9.84. The molecule has 0 radical (unpaired) electrons. The predicted octanol–water partition coefficient (Wildman–Crippen LogP) is 5.08. The Morgan fingerprint density at radius 2 is 1.74 bits per heavy atom. The SMILES string of the molecule is CC(=Cc1ccc(O)c(C(C)C)c1)c1ccccc1. The Morgan fingerprint density at radius 1 is 1.05 bits per heavy atom. The summed E-state index contributed by atoms with van der Waals surface area (Å²) in [4.78, 5) is 0. The highest BCUT2D eigenvalue weighted by molar-refractivity contribution is 5.80. The van der Waals surface area contributed by atoms with Crippen LogP contribution in [0, 0.1) is 0 Å². The average Bonchev–Trinajstić information content (AvgIpc) is 2.41. The second-order valence-corrected chi connectivity index (χ2v) is 5.17. The zero-order valence-electron chi connectivity index (χ0n) is 11.7. The first-order chi connectivity index (χ1) is 9.08. The van der Waals surface area contributed by atoms with Crippen molar-refractivity contribution in [1.29, 1.82) is 0 Å². The van der Waals surface area contributed by atoms with Gasteiger partial charge in [0, 0.05) is 0 Å². The Bertz CT molecular complexity index is 580. The van der Waals surface area contributed by atoms with Crippen LogP contribution in [-0.2, 0) is 0 Å². The van der Waals surface area contributed by atoms with E-state index in [1.54, 1.807) is 6.07 Å². The monoisotopic (exact) mass is 252 g/mol. The van der Waals surface area contributed by atoms with Gasteiger partial charge in [0.2, 0.25) is 0 Å². The van der Waals surface area contributed by atoms with Crippen LogP contribution in [0.3, 0.4) is 0 Å². The van der Waals surface area contributed by atoms with E-state index in [9.17, 15) is 5.11 Å². The van der Waals surface area contributed by atoms with E-state index in [-0.39, 0.29) is 0 Å². The molecule has 0 aliphatic heterocycles. The Balaban J connectivity index is 2.36. The summed E-state index contributed by atoms with van der Waals surface area (Å²) in [6, 6.07) is 16.1. The highest BCUT2D eigenvalue weighted by Crippen LogP contribution is 2.28. The van der Waals surface area contributed by atoms with E-state index in [4.69, 9.17) is 0 Å². The lowest BCUT2D eigenvalue weighted by molar-refractivity contribution is 0.465. The highest BCUT2D eigenvalue weighted by atomic mass is 16.3. The molecule has 1 nitrogen and oxygen atoms in total. The Labute approximate surface area is 115 Å². The normalized spacial score (nSPS) is 11.9. The van der Waals surface area contributed by atoms with Crippen LogP contribution in [0.2, 0.25) is 0 Å². The van der Waals surface area contributed by atoms with Crippen molar-refractivity contribution in [1.82, 2.24) is 0 Å². The molecule has 1 N–H and O–H groups in total. The molecule has 0 saturated heterocycles. The maximum Gasteiger partial charge on any atom is 0.119 e. The fourth-order valence-corrected chi connectivity index (χ4v) is 2.16. The van der Waals surface area contributed by atoms with Crippen LogP contribution in [0.25, 0.3) is 11.6 Å². The molecule has 0 unspecified atom stereocenters. The van der Waals surface area contributed by atoms with Crippen LogP contribution in [-0.4, -0.2) is 5.11 Å². The second kappa shape index (κ2) is 5.75. The van der Waals surface area contributed by atoms with Gasteiger partial charge in [-0.1, -0.05) is 56.3 Å². The third kappa shape index (κ3) is 3.25. The summed E-state index contributed by atoms with van der Waals surface area (Å²) in [7, 11) is 0. The standard InChI is InChI=1S/C18H20O/c1-13(2)17-12-15(9-10-18(17)19)11-14(3)16-7-5-4-6-8-16/h4-13,19H,1-3H3. The fraction of sp³-hybridized carbons (Fsp3) is 0.222. The molecular weight excluding hydrogens is 232 g/mol. The molecule has 2 rings (SSSR count). The molecule has 2 aromatic carbocycles. The van der Waals surface area contributed by atoms with Gasteiger partial charge in [0.05, 0.1) is 0 Å². The zero-order valence-corrected chi connectivity index (χ0v) is 11.7. The van der Waals surface area contributed by atoms with Gasteiger partial charge >= 0.3 is 0 Å². The minimum atomic E-state index is 0.324. The fourth-order valence-electron chi connectivity index (χ4n) is 2.16. The summed E-state index contributed by atoms with van der Waals surface area (Å²) in [5.41, 5.74) is 4.57.